The third kappa shape index (κ3) is 3.70. The molecule has 1 saturated carbocycles. The first-order valence-electron chi connectivity index (χ1n) is 10.1. The van der Waals surface area contributed by atoms with Crippen LogP contribution in [-0.2, 0) is 0 Å². The molecule has 3 aromatic rings. The second-order valence-electron chi connectivity index (χ2n) is 7.52. The summed E-state index contributed by atoms with van der Waals surface area (Å²) in [6.07, 6.45) is 7.67. The van der Waals surface area contributed by atoms with Crippen molar-refractivity contribution < 1.29 is 0 Å². The predicted molar refractivity (Wildman–Crippen MR) is 119 cm³/mol. The molecule has 7 nitrogen and oxygen atoms in total. The normalized spacial score (nSPS) is 17.0. The van der Waals surface area contributed by atoms with Gasteiger partial charge in [-0.1, -0.05) is 12.8 Å². The zero-order chi connectivity index (χ0) is 19.6. The van der Waals surface area contributed by atoms with Gasteiger partial charge in [-0.05, 0) is 55.5 Å². The first-order valence-corrected chi connectivity index (χ1v) is 11.1. The van der Waals surface area contributed by atoms with E-state index in [-0.39, 0.29) is 0 Å². The van der Waals surface area contributed by atoms with Crippen LogP contribution in [0.3, 0.4) is 0 Å². The van der Waals surface area contributed by atoms with Gasteiger partial charge in [0.2, 0.25) is 5.95 Å². The number of aromatic nitrogens is 3. The lowest BCUT2D eigenvalue weighted by atomic mass is 10.2. The van der Waals surface area contributed by atoms with Gasteiger partial charge in [0.25, 0.3) is 0 Å². The van der Waals surface area contributed by atoms with E-state index in [0.29, 0.717) is 23.2 Å². The minimum Gasteiger partial charge on any atom is -0.367 e. The monoisotopic (exact) mass is 405 g/mol. The van der Waals surface area contributed by atoms with Crippen LogP contribution in [0, 0.1) is 11.3 Å². The lowest BCUT2D eigenvalue weighted by molar-refractivity contribution is 0.752. The van der Waals surface area contributed by atoms with Crippen LogP contribution in [0.5, 0.6) is 0 Å². The van der Waals surface area contributed by atoms with Crippen LogP contribution < -0.4 is 14.9 Å². The number of nitriles is 1. The average molecular weight is 406 g/mol. The van der Waals surface area contributed by atoms with E-state index in [2.05, 4.69) is 55.2 Å². The summed E-state index contributed by atoms with van der Waals surface area (Å²) in [5.41, 5.74) is 3.40. The van der Waals surface area contributed by atoms with Gasteiger partial charge in [-0.3, -0.25) is 0 Å². The fourth-order valence-electron chi connectivity index (χ4n) is 4.04. The molecule has 1 aromatic carbocycles. The Morgan fingerprint density at radius 1 is 1.14 bits per heavy atom. The van der Waals surface area contributed by atoms with Crippen molar-refractivity contribution in [2.75, 3.05) is 27.2 Å². The molecular formula is C21H23N7S. The van der Waals surface area contributed by atoms with Crippen LogP contribution in [0.15, 0.2) is 30.5 Å². The molecule has 0 radical (unpaired) electrons. The Labute approximate surface area is 174 Å². The molecule has 2 aromatic heterocycles. The molecule has 3 heterocycles. The number of rotatable bonds is 5. The van der Waals surface area contributed by atoms with Gasteiger partial charge in [-0.2, -0.15) is 15.2 Å². The molecule has 1 saturated heterocycles. The second-order valence-corrected chi connectivity index (χ2v) is 8.63. The summed E-state index contributed by atoms with van der Waals surface area (Å²) in [5.74, 6) is 2.44. The van der Waals surface area contributed by atoms with Gasteiger partial charge >= 0.3 is 0 Å². The third-order valence-electron chi connectivity index (χ3n) is 5.51. The number of benzene rings is 1. The van der Waals surface area contributed by atoms with Crippen molar-refractivity contribution in [1.82, 2.24) is 15.0 Å². The molecule has 2 fully saturated rings. The van der Waals surface area contributed by atoms with Crippen molar-refractivity contribution in [1.29, 1.82) is 5.26 Å². The molecular weight excluding hydrogens is 382 g/mol. The van der Waals surface area contributed by atoms with E-state index in [1.165, 1.54) is 30.7 Å². The van der Waals surface area contributed by atoms with Crippen molar-refractivity contribution in [3.05, 3.63) is 36.0 Å². The molecule has 0 spiro atoms. The van der Waals surface area contributed by atoms with E-state index < -0.39 is 0 Å². The number of nitrogens with zero attached hydrogens (tertiary/aromatic N) is 4. The Morgan fingerprint density at radius 2 is 1.97 bits per heavy atom. The number of H-pyrrole nitrogens is 1. The maximum atomic E-state index is 9.46. The number of nitrogens with one attached hydrogen (secondary N) is 3. The summed E-state index contributed by atoms with van der Waals surface area (Å²) in [6, 6.07) is 11.0. The van der Waals surface area contributed by atoms with Crippen molar-refractivity contribution in [3.8, 4) is 6.07 Å². The Morgan fingerprint density at radius 3 is 2.69 bits per heavy atom. The minimum atomic E-state index is 0.402. The van der Waals surface area contributed by atoms with Gasteiger partial charge < -0.3 is 19.9 Å². The molecule has 8 heteroatoms. The number of fused-ring (bicyclic) bond motifs is 1. The summed E-state index contributed by atoms with van der Waals surface area (Å²) in [5, 5.41) is 17.1. The van der Waals surface area contributed by atoms with Crippen LogP contribution in [0.1, 0.15) is 37.7 Å². The first-order chi connectivity index (χ1) is 14.3. The number of hydrogen-bond acceptors (Lipinski definition) is 7. The quantitative estimate of drug-likeness (QED) is 0.526. The molecule has 148 valence electrons. The fourth-order valence-corrected chi connectivity index (χ4v) is 5.04. The van der Waals surface area contributed by atoms with E-state index in [4.69, 9.17) is 4.98 Å². The Balaban J connectivity index is 1.42. The van der Waals surface area contributed by atoms with E-state index in [1.54, 1.807) is 6.20 Å². The molecule has 1 aliphatic carbocycles. The van der Waals surface area contributed by atoms with Crippen LogP contribution >= 0.6 is 11.9 Å². The third-order valence-corrected chi connectivity index (χ3v) is 6.69. The molecule has 2 aliphatic rings. The molecule has 0 unspecified atom stereocenters. The van der Waals surface area contributed by atoms with Gasteiger partial charge in [0.1, 0.15) is 17.5 Å². The lowest BCUT2D eigenvalue weighted by Crippen LogP contribution is -2.16. The highest BCUT2D eigenvalue weighted by Crippen LogP contribution is 2.31. The Hall–Kier alpha value is -2.92. The van der Waals surface area contributed by atoms with Crippen LogP contribution in [0.2, 0.25) is 0 Å². The highest BCUT2D eigenvalue weighted by atomic mass is 32.2. The fraction of sp³-hybridized carbons (Fsp3) is 0.381. The number of aromatic amines is 1. The molecule has 29 heavy (non-hydrogen) atoms. The van der Waals surface area contributed by atoms with Crippen molar-refractivity contribution >= 4 is 46.1 Å². The smallest absolute Gasteiger partial charge is 0.231 e. The zero-order valence-electron chi connectivity index (χ0n) is 16.1. The highest BCUT2D eigenvalue weighted by Gasteiger charge is 2.20. The SMILES string of the molecule is N#Cc1c[nH]c2nc(Nc3ccc(N4CCCS4)cc3)nc(NC3CCCC3)c12. The van der Waals surface area contributed by atoms with Gasteiger partial charge in [0.05, 0.1) is 10.9 Å². The first kappa shape index (κ1) is 18.1. The largest absolute Gasteiger partial charge is 0.367 e. The van der Waals surface area contributed by atoms with E-state index in [9.17, 15) is 5.26 Å². The standard InChI is InChI=1S/C21H23N7S/c22-12-14-13-23-19-18(14)20(24-15-4-1-2-5-15)27-21(26-19)25-16-6-8-17(9-7-16)28-10-3-11-29-28/h6-9,13,15H,1-5,10-11H2,(H3,23,24,25,26,27). The molecule has 3 N–H and O–H groups in total. The Bertz CT molecular complexity index is 1040. The van der Waals surface area contributed by atoms with Crippen LogP contribution in [0.4, 0.5) is 23.1 Å². The molecule has 5 rings (SSSR count). The molecule has 0 amide bonds. The van der Waals surface area contributed by atoms with Crippen molar-refractivity contribution in [2.24, 2.45) is 0 Å². The molecule has 0 bridgehead atoms. The maximum Gasteiger partial charge on any atom is 0.231 e. The number of hydrogen-bond donors (Lipinski definition) is 3. The topological polar surface area (TPSA) is 92.7 Å². The minimum absolute atomic E-state index is 0.402. The van der Waals surface area contributed by atoms with Gasteiger partial charge in [0, 0.05) is 35.9 Å². The van der Waals surface area contributed by atoms with E-state index >= 15 is 0 Å². The molecule has 0 atom stereocenters. The Kier molecular flexibility index (Phi) is 4.90. The van der Waals surface area contributed by atoms with E-state index in [1.807, 2.05) is 11.9 Å². The second kappa shape index (κ2) is 7.84. The van der Waals surface area contributed by atoms with E-state index in [0.717, 1.165) is 36.3 Å². The maximum absolute atomic E-state index is 9.46. The predicted octanol–water partition coefficient (Wildman–Crippen LogP) is 4.79. The van der Waals surface area contributed by atoms with Crippen molar-refractivity contribution in [2.45, 2.75) is 38.1 Å². The summed E-state index contributed by atoms with van der Waals surface area (Å²) in [6.45, 7) is 1.10. The van der Waals surface area contributed by atoms with Crippen LogP contribution in [0.25, 0.3) is 11.0 Å². The zero-order valence-corrected chi connectivity index (χ0v) is 16.9. The summed E-state index contributed by atoms with van der Waals surface area (Å²) < 4.78 is 2.33. The lowest BCUT2D eigenvalue weighted by Gasteiger charge is -2.17. The highest BCUT2D eigenvalue weighted by molar-refractivity contribution is 8.00. The summed E-state index contributed by atoms with van der Waals surface area (Å²) in [7, 11) is 0. The summed E-state index contributed by atoms with van der Waals surface area (Å²) >= 11 is 1.88. The van der Waals surface area contributed by atoms with Gasteiger partial charge in [0.15, 0.2) is 0 Å². The van der Waals surface area contributed by atoms with Crippen molar-refractivity contribution in [3.63, 3.8) is 0 Å². The van der Waals surface area contributed by atoms with Gasteiger partial charge in [-0.25, -0.2) is 0 Å². The van der Waals surface area contributed by atoms with Gasteiger partial charge in [-0.15, -0.1) is 0 Å². The average Bonchev–Trinajstić information content (AvgIpc) is 3.50. The number of anilines is 4. The van der Waals surface area contributed by atoms with Crippen LogP contribution in [-0.4, -0.2) is 33.3 Å². The molecule has 1 aliphatic heterocycles. The summed E-state index contributed by atoms with van der Waals surface area (Å²) in [4.78, 5) is 12.4.